The number of nitrogens with two attached hydrogens (primary N) is 1. The quantitative estimate of drug-likeness (QED) is 0.867. The van der Waals surface area contributed by atoms with Crippen LogP contribution in [0, 0.1) is 17.6 Å². The Morgan fingerprint density at radius 3 is 2.58 bits per heavy atom. The summed E-state index contributed by atoms with van der Waals surface area (Å²) in [4.78, 5) is 12.1. The minimum absolute atomic E-state index is 0. The molecule has 1 amide bonds. The van der Waals surface area contributed by atoms with Gasteiger partial charge in [0.1, 0.15) is 11.6 Å². The van der Waals surface area contributed by atoms with E-state index in [0.29, 0.717) is 18.5 Å². The summed E-state index contributed by atoms with van der Waals surface area (Å²) in [5, 5.41) is 2.81. The van der Waals surface area contributed by atoms with E-state index in [1.165, 1.54) is 12.1 Å². The third-order valence-electron chi connectivity index (χ3n) is 4.21. The number of hydrogen-bond acceptors (Lipinski definition) is 2. The summed E-state index contributed by atoms with van der Waals surface area (Å²) in [6, 6.07) is 12.7. The Kier molecular flexibility index (Phi) is 5.91. The van der Waals surface area contributed by atoms with Gasteiger partial charge in [-0.15, -0.1) is 12.4 Å². The fourth-order valence-corrected chi connectivity index (χ4v) is 2.79. The molecule has 0 aliphatic heterocycles. The maximum atomic E-state index is 13.7. The Morgan fingerprint density at radius 1 is 1.21 bits per heavy atom. The molecular formula is C18H19ClF2N2O. The van der Waals surface area contributed by atoms with E-state index in [4.69, 9.17) is 5.73 Å². The van der Waals surface area contributed by atoms with Crippen LogP contribution in [0.1, 0.15) is 29.5 Å². The summed E-state index contributed by atoms with van der Waals surface area (Å²) in [5.74, 6) is -1.78. The van der Waals surface area contributed by atoms with Crippen molar-refractivity contribution in [3.8, 4) is 0 Å². The highest BCUT2D eigenvalue weighted by atomic mass is 35.5. The zero-order valence-electron chi connectivity index (χ0n) is 12.9. The van der Waals surface area contributed by atoms with Gasteiger partial charge >= 0.3 is 0 Å². The number of halogens is 3. The number of hydrogen-bond donors (Lipinski definition) is 2. The average Bonchev–Trinajstić information content (AvgIpc) is 3.33. The molecule has 3 N–H and O–H groups in total. The first kappa shape index (κ1) is 18.4. The summed E-state index contributed by atoms with van der Waals surface area (Å²) >= 11 is 0. The van der Waals surface area contributed by atoms with Crippen molar-refractivity contribution in [2.75, 3.05) is 6.54 Å². The summed E-state index contributed by atoms with van der Waals surface area (Å²) in [6.45, 7) is 0.331. The predicted molar refractivity (Wildman–Crippen MR) is 90.8 cm³/mol. The standard InChI is InChI=1S/C18H18F2N2O.ClH/c19-12-6-7-13(16(20)8-12)14-9-15(14)18(23)22-10-17(21)11-4-2-1-3-5-11;/h1-8,14-15,17H,9-10,21H2,(H,22,23);1H. The lowest BCUT2D eigenvalue weighted by molar-refractivity contribution is -0.122. The summed E-state index contributed by atoms with van der Waals surface area (Å²) in [5.41, 5.74) is 7.38. The van der Waals surface area contributed by atoms with E-state index in [0.717, 1.165) is 11.6 Å². The third kappa shape index (κ3) is 4.10. The molecule has 24 heavy (non-hydrogen) atoms. The van der Waals surface area contributed by atoms with E-state index in [9.17, 15) is 13.6 Å². The van der Waals surface area contributed by atoms with Gasteiger partial charge in [-0.3, -0.25) is 4.79 Å². The van der Waals surface area contributed by atoms with Crippen LogP contribution in [-0.2, 0) is 4.79 Å². The molecule has 0 spiro atoms. The minimum atomic E-state index is -0.610. The molecule has 2 aromatic rings. The maximum absolute atomic E-state index is 13.7. The maximum Gasteiger partial charge on any atom is 0.223 e. The van der Waals surface area contributed by atoms with Crippen LogP contribution in [0.2, 0.25) is 0 Å². The smallest absolute Gasteiger partial charge is 0.223 e. The monoisotopic (exact) mass is 352 g/mol. The van der Waals surface area contributed by atoms with Crippen LogP contribution < -0.4 is 11.1 Å². The average molecular weight is 353 g/mol. The number of carbonyl (C=O) groups is 1. The molecule has 0 heterocycles. The van der Waals surface area contributed by atoms with E-state index < -0.39 is 11.6 Å². The molecule has 3 unspecified atom stereocenters. The first-order valence-electron chi connectivity index (χ1n) is 7.59. The highest BCUT2D eigenvalue weighted by Gasteiger charge is 2.45. The molecule has 1 fully saturated rings. The number of rotatable bonds is 5. The topological polar surface area (TPSA) is 55.1 Å². The molecule has 3 atom stereocenters. The lowest BCUT2D eigenvalue weighted by Crippen LogP contribution is -2.33. The van der Waals surface area contributed by atoms with E-state index in [2.05, 4.69) is 5.32 Å². The SMILES string of the molecule is Cl.NC(CNC(=O)C1CC1c1ccc(F)cc1F)c1ccccc1. The van der Waals surface area contributed by atoms with Gasteiger partial charge < -0.3 is 11.1 Å². The van der Waals surface area contributed by atoms with Crippen LogP contribution in [0.4, 0.5) is 8.78 Å². The largest absolute Gasteiger partial charge is 0.354 e. The lowest BCUT2D eigenvalue weighted by atomic mass is 10.1. The van der Waals surface area contributed by atoms with Gasteiger partial charge in [0, 0.05) is 24.6 Å². The number of amides is 1. The zero-order chi connectivity index (χ0) is 16.4. The van der Waals surface area contributed by atoms with Crippen molar-refractivity contribution in [1.82, 2.24) is 5.32 Å². The van der Waals surface area contributed by atoms with Crippen molar-refractivity contribution in [1.29, 1.82) is 0 Å². The summed E-state index contributed by atoms with van der Waals surface area (Å²) in [7, 11) is 0. The molecule has 2 aromatic carbocycles. The van der Waals surface area contributed by atoms with Gasteiger partial charge in [0.15, 0.2) is 0 Å². The fourth-order valence-electron chi connectivity index (χ4n) is 2.79. The van der Waals surface area contributed by atoms with E-state index in [1.54, 1.807) is 0 Å². The van der Waals surface area contributed by atoms with Crippen molar-refractivity contribution < 1.29 is 13.6 Å². The third-order valence-corrected chi connectivity index (χ3v) is 4.21. The zero-order valence-corrected chi connectivity index (χ0v) is 13.7. The van der Waals surface area contributed by atoms with Gasteiger partial charge in [-0.1, -0.05) is 36.4 Å². The normalized spacial score (nSPS) is 20.0. The van der Waals surface area contributed by atoms with Crippen LogP contribution >= 0.6 is 12.4 Å². The van der Waals surface area contributed by atoms with E-state index in [1.807, 2.05) is 30.3 Å². The number of carbonyl (C=O) groups excluding carboxylic acids is 1. The molecule has 3 nitrogen and oxygen atoms in total. The van der Waals surface area contributed by atoms with Crippen LogP contribution in [0.3, 0.4) is 0 Å². The molecule has 0 aromatic heterocycles. The van der Waals surface area contributed by atoms with Gasteiger partial charge in [-0.05, 0) is 29.5 Å². The van der Waals surface area contributed by atoms with Crippen LogP contribution in [-0.4, -0.2) is 12.5 Å². The van der Waals surface area contributed by atoms with Gasteiger partial charge in [-0.2, -0.15) is 0 Å². The Balaban J connectivity index is 0.00000208. The first-order chi connectivity index (χ1) is 11.1. The van der Waals surface area contributed by atoms with Gasteiger partial charge in [0.25, 0.3) is 0 Å². The molecular weight excluding hydrogens is 334 g/mol. The second-order valence-electron chi connectivity index (χ2n) is 5.88. The van der Waals surface area contributed by atoms with Crippen molar-refractivity contribution in [2.45, 2.75) is 18.4 Å². The Labute approximate surface area is 145 Å². The van der Waals surface area contributed by atoms with Gasteiger partial charge in [-0.25, -0.2) is 8.78 Å². The predicted octanol–water partition coefficient (Wildman–Crippen LogP) is 3.31. The molecule has 128 valence electrons. The van der Waals surface area contributed by atoms with Crippen molar-refractivity contribution in [3.05, 3.63) is 71.3 Å². The molecule has 1 aliphatic rings. The molecule has 1 saturated carbocycles. The Hall–Kier alpha value is -1.98. The van der Waals surface area contributed by atoms with E-state index in [-0.39, 0.29) is 36.2 Å². The van der Waals surface area contributed by atoms with Crippen LogP contribution in [0.5, 0.6) is 0 Å². The highest BCUT2D eigenvalue weighted by Crippen LogP contribution is 2.48. The highest BCUT2D eigenvalue weighted by molar-refractivity contribution is 5.85. The lowest BCUT2D eigenvalue weighted by Gasteiger charge is -2.13. The molecule has 0 radical (unpaired) electrons. The molecule has 0 bridgehead atoms. The van der Waals surface area contributed by atoms with Gasteiger partial charge in [0.05, 0.1) is 0 Å². The van der Waals surface area contributed by atoms with Crippen LogP contribution in [0.15, 0.2) is 48.5 Å². The van der Waals surface area contributed by atoms with Crippen LogP contribution in [0.25, 0.3) is 0 Å². The molecule has 0 saturated heterocycles. The Bertz CT molecular complexity index is 711. The van der Waals surface area contributed by atoms with E-state index >= 15 is 0 Å². The van der Waals surface area contributed by atoms with Gasteiger partial charge in [0.2, 0.25) is 5.91 Å². The molecule has 3 rings (SSSR count). The molecule has 6 heteroatoms. The second kappa shape index (κ2) is 7.73. The fraction of sp³-hybridized carbons (Fsp3) is 0.278. The second-order valence-corrected chi connectivity index (χ2v) is 5.88. The number of nitrogens with one attached hydrogen (secondary N) is 1. The first-order valence-corrected chi connectivity index (χ1v) is 7.59. The number of benzene rings is 2. The Morgan fingerprint density at radius 2 is 1.92 bits per heavy atom. The molecule has 1 aliphatic carbocycles. The summed E-state index contributed by atoms with van der Waals surface area (Å²) in [6.07, 6.45) is 0.578. The minimum Gasteiger partial charge on any atom is -0.354 e. The summed E-state index contributed by atoms with van der Waals surface area (Å²) < 4.78 is 26.6. The van der Waals surface area contributed by atoms with Crippen molar-refractivity contribution in [3.63, 3.8) is 0 Å². The van der Waals surface area contributed by atoms with Crippen molar-refractivity contribution in [2.24, 2.45) is 11.7 Å². The van der Waals surface area contributed by atoms with Crippen molar-refractivity contribution >= 4 is 18.3 Å².